The van der Waals surface area contributed by atoms with Gasteiger partial charge >= 0.3 is 0 Å². The molecule has 4 heteroatoms. The van der Waals surface area contributed by atoms with Gasteiger partial charge in [-0.15, -0.1) is 0 Å². The van der Waals surface area contributed by atoms with Crippen molar-refractivity contribution in [1.82, 2.24) is 19.1 Å². The van der Waals surface area contributed by atoms with Gasteiger partial charge in [0.25, 0.3) is 0 Å². The number of nitrogens with zero attached hydrogens (tertiary/aromatic N) is 4. The average Bonchev–Trinajstić information content (AvgIpc) is 3.92. The number of rotatable bonds is 4. The van der Waals surface area contributed by atoms with E-state index in [1.807, 2.05) is 0 Å². The van der Waals surface area contributed by atoms with E-state index in [-0.39, 0.29) is 5.41 Å². The highest BCUT2D eigenvalue weighted by Gasteiger charge is 2.38. The molecule has 0 atom stereocenters. The number of para-hydroxylation sites is 2. The summed E-state index contributed by atoms with van der Waals surface area (Å²) in [5.41, 5.74) is 15.4. The van der Waals surface area contributed by atoms with Gasteiger partial charge in [-0.3, -0.25) is 4.57 Å². The van der Waals surface area contributed by atoms with Crippen LogP contribution in [0.3, 0.4) is 0 Å². The van der Waals surface area contributed by atoms with Gasteiger partial charge in [0.1, 0.15) is 0 Å². The lowest BCUT2D eigenvalue weighted by molar-refractivity contribution is 0.661. The van der Waals surface area contributed by atoms with Crippen LogP contribution < -0.4 is 10.6 Å². The smallest absolute Gasteiger partial charge is 0.235 e. The quantitative estimate of drug-likeness (QED) is 0.178. The number of benzene rings is 8. The Labute approximate surface area is 353 Å². The molecule has 4 nitrogen and oxygen atoms in total. The van der Waals surface area contributed by atoms with Crippen LogP contribution in [0.1, 0.15) is 37.8 Å². The van der Waals surface area contributed by atoms with E-state index in [0.29, 0.717) is 5.95 Å². The van der Waals surface area contributed by atoms with Crippen LogP contribution in [0, 0.1) is 0 Å². The molecule has 0 unspecified atom stereocenters. The van der Waals surface area contributed by atoms with Crippen LogP contribution in [0.4, 0.5) is 0 Å². The molecule has 2 aliphatic rings. The molecular formula is C57H40N4. The summed E-state index contributed by atoms with van der Waals surface area (Å²) in [6.07, 6.45) is 6.59. The third-order valence-electron chi connectivity index (χ3n) is 13.5. The molecular weight excluding hydrogens is 741 g/mol. The van der Waals surface area contributed by atoms with Crippen LogP contribution in [0.5, 0.6) is 0 Å². The van der Waals surface area contributed by atoms with Crippen LogP contribution >= 0.6 is 0 Å². The van der Waals surface area contributed by atoms with Gasteiger partial charge in [0, 0.05) is 43.4 Å². The van der Waals surface area contributed by atoms with E-state index in [1.165, 1.54) is 71.3 Å². The first-order valence-electron chi connectivity index (χ1n) is 21.4. The average molecular weight is 781 g/mol. The molecule has 61 heavy (non-hydrogen) atoms. The third-order valence-corrected chi connectivity index (χ3v) is 13.5. The molecule has 3 aromatic heterocycles. The fourth-order valence-electron chi connectivity index (χ4n) is 10.9. The maximum Gasteiger partial charge on any atom is 0.235 e. The van der Waals surface area contributed by atoms with E-state index < -0.39 is 0 Å². The summed E-state index contributed by atoms with van der Waals surface area (Å²) in [5, 5.41) is 9.41. The second-order valence-electron chi connectivity index (χ2n) is 17.2. The van der Waals surface area contributed by atoms with E-state index in [0.717, 1.165) is 56.9 Å². The topological polar surface area (TPSA) is 35.6 Å². The molecule has 3 heterocycles. The fourth-order valence-corrected chi connectivity index (χ4v) is 10.9. The lowest BCUT2D eigenvalue weighted by Gasteiger charge is -2.24. The lowest BCUT2D eigenvalue weighted by Crippen LogP contribution is -2.35. The highest BCUT2D eigenvalue weighted by atomic mass is 15.2. The molecule has 11 aromatic rings. The Bertz CT molecular complexity index is 3780. The van der Waals surface area contributed by atoms with Crippen molar-refractivity contribution >= 4 is 66.5 Å². The summed E-state index contributed by atoms with van der Waals surface area (Å²) < 4.78 is 4.77. The van der Waals surface area contributed by atoms with Crippen LogP contribution in [-0.2, 0) is 5.41 Å². The highest BCUT2D eigenvalue weighted by Crippen LogP contribution is 2.51. The van der Waals surface area contributed by atoms with Gasteiger partial charge in [-0.05, 0) is 87.3 Å². The molecule has 0 amide bonds. The molecule has 0 bridgehead atoms. The van der Waals surface area contributed by atoms with Crippen LogP contribution in [0.25, 0.3) is 112 Å². The number of hydrogen-bond acceptors (Lipinski definition) is 2. The summed E-state index contributed by atoms with van der Waals surface area (Å²) in [5.74, 6) is 0.696. The van der Waals surface area contributed by atoms with Crippen molar-refractivity contribution in [3.63, 3.8) is 0 Å². The van der Waals surface area contributed by atoms with Crippen molar-refractivity contribution in [2.24, 2.45) is 0 Å². The summed E-state index contributed by atoms with van der Waals surface area (Å²) in [4.78, 5) is 11.2. The third kappa shape index (κ3) is 4.82. The second kappa shape index (κ2) is 12.7. The minimum absolute atomic E-state index is 0.188. The molecule has 0 fully saturated rings. The molecule has 288 valence electrons. The first-order chi connectivity index (χ1) is 30.0. The lowest BCUT2D eigenvalue weighted by atomic mass is 9.79. The normalized spacial score (nSPS) is 14.0. The highest BCUT2D eigenvalue weighted by molar-refractivity contribution is 6.26. The monoisotopic (exact) mass is 780 g/mol. The van der Waals surface area contributed by atoms with Gasteiger partial charge in [-0.2, -0.15) is 0 Å². The second-order valence-corrected chi connectivity index (χ2v) is 17.2. The predicted octanol–water partition coefficient (Wildman–Crippen LogP) is 12.8. The van der Waals surface area contributed by atoms with E-state index in [2.05, 4.69) is 205 Å². The van der Waals surface area contributed by atoms with Crippen molar-refractivity contribution < 1.29 is 0 Å². The molecule has 8 aromatic carbocycles. The Morgan fingerprint density at radius 3 is 2.00 bits per heavy atom. The number of hydrogen-bond donors (Lipinski definition) is 0. The van der Waals surface area contributed by atoms with Crippen LogP contribution in [-0.4, -0.2) is 19.1 Å². The number of aromatic nitrogens is 4. The minimum Gasteiger partial charge on any atom is -0.309 e. The maximum absolute atomic E-state index is 5.71. The molecule has 0 saturated heterocycles. The van der Waals surface area contributed by atoms with Gasteiger partial charge in [0.05, 0.1) is 33.1 Å². The molecule has 2 aliphatic carbocycles. The standard InChI is InChI=1S/C57H40N4/c1-57(2)47-25-9-5-18-40(47)42-23-14-24-46(53(42)57)54-44-20-6-10-26-48(44)58-56(59-54)61-49-27-11-7-19-41(49)43-33-34-51-52(55(43)61)45-21-8-12-28-50(45)60(51)37-31-29-36(30-32-37)39-22-13-16-35-15-3-4-17-38(35)39/h3-5,7-9,11-34H,6,10H2,1-2H3. The summed E-state index contributed by atoms with van der Waals surface area (Å²) in [6, 6.07) is 62.1. The largest absolute Gasteiger partial charge is 0.309 e. The van der Waals surface area contributed by atoms with Crippen LogP contribution in [0.15, 0.2) is 170 Å². The van der Waals surface area contributed by atoms with Gasteiger partial charge < -0.3 is 4.57 Å². The summed E-state index contributed by atoms with van der Waals surface area (Å²) >= 11 is 0. The van der Waals surface area contributed by atoms with Crippen molar-refractivity contribution in [2.75, 3.05) is 0 Å². The summed E-state index contributed by atoms with van der Waals surface area (Å²) in [7, 11) is 0. The molecule has 0 saturated carbocycles. The van der Waals surface area contributed by atoms with Gasteiger partial charge in [-0.25, -0.2) is 9.97 Å². The Kier molecular flexibility index (Phi) is 7.16. The molecule has 0 N–H and O–H groups in total. The zero-order valence-electron chi connectivity index (χ0n) is 34.0. The molecule has 13 rings (SSSR count). The zero-order chi connectivity index (χ0) is 40.4. The Balaban J connectivity index is 1.08. The van der Waals surface area contributed by atoms with E-state index >= 15 is 0 Å². The van der Waals surface area contributed by atoms with E-state index in [1.54, 1.807) is 0 Å². The number of fused-ring (bicyclic) bond motifs is 12. The molecule has 0 aliphatic heterocycles. The van der Waals surface area contributed by atoms with Crippen molar-refractivity contribution in [2.45, 2.75) is 32.1 Å². The fraction of sp³-hybridized carbons (Fsp3) is 0.0877. The SMILES string of the molecule is CC1(C)c2ccccc2-c2cccc(-c3nc(-n4c5ccccc5c5ccc6c(c7ccccc7n6-c6ccc(-c7cccc8ccccc78)cc6)c54)nc4c3=CCCC=4)c21. The van der Waals surface area contributed by atoms with Gasteiger partial charge in [-0.1, -0.05) is 166 Å². The van der Waals surface area contributed by atoms with Gasteiger partial charge in [0.15, 0.2) is 0 Å². The zero-order valence-corrected chi connectivity index (χ0v) is 34.0. The maximum atomic E-state index is 5.71. The minimum atomic E-state index is -0.188. The first-order valence-corrected chi connectivity index (χ1v) is 21.4. The summed E-state index contributed by atoms with van der Waals surface area (Å²) in [6.45, 7) is 4.73. The Morgan fingerprint density at radius 1 is 0.475 bits per heavy atom. The molecule has 0 radical (unpaired) electrons. The van der Waals surface area contributed by atoms with Gasteiger partial charge in [0.2, 0.25) is 5.95 Å². The predicted molar refractivity (Wildman–Crippen MR) is 254 cm³/mol. The Morgan fingerprint density at radius 2 is 1.13 bits per heavy atom. The van der Waals surface area contributed by atoms with Crippen molar-refractivity contribution in [3.8, 4) is 45.1 Å². The van der Waals surface area contributed by atoms with E-state index in [9.17, 15) is 0 Å². The van der Waals surface area contributed by atoms with E-state index in [4.69, 9.17) is 9.97 Å². The first kappa shape index (κ1) is 34.3. The molecule has 0 spiro atoms. The van der Waals surface area contributed by atoms with Crippen molar-refractivity contribution in [3.05, 3.63) is 192 Å². The Hall–Kier alpha value is -7.56. The van der Waals surface area contributed by atoms with Crippen LogP contribution in [0.2, 0.25) is 0 Å². The van der Waals surface area contributed by atoms with Crippen molar-refractivity contribution in [1.29, 1.82) is 0 Å².